The van der Waals surface area contributed by atoms with Gasteiger partial charge in [-0.2, -0.15) is 0 Å². The van der Waals surface area contributed by atoms with Gasteiger partial charge in [0.2, 0.25) is 0 Å². The first kappa shape index (κ1) is 15.2. The summed E-state index contributed by atoms with van der Waals surface area (Å²) in [5.41, 5.74) is 0.00926. The molecule has 0 atom stereocenters. The van der Waals surface area contributed by atoms with Gasteiger partial charge in [0.05, 0.1) is 11.3 Å². The van der Waals surface area contributed by atoms with Gasteiger partial charge >= 0.3 is 57.4 Å². The van der Waals surface area contributed by atoms with Crippen molar-refractivity contribution in [1.82, 2.24) is 0 Å². The third kappa shape index (κ3) is 4.73. The molecule has 0 amide bonds. The van der Waals surface area contributed by atoms with Crippen LogP contribution in [0.5, 0.6) is 0 Å². The maximum absolute atomic E-state index is 10.7. The van der Waals surface area contributed by atoms with E-state index < -0.39 is 27.4 Å². The summed E-state index contributed by atoms with van der Waals surface area (Å²) in [5.74, 6) is -1.18. The third-order valence-electron chi connectivity index (χ3n) is 1.58. The maximum atomic E-state index is 10.7. The van der Waals surface area contributed by atoms with Crippen molar-refractivity contribution in [2.75, 3.05) is 0 Å². The van der Waals surface area contributed by atoms with E-state index in [1.165, 1.54) is 18.2 Å². The molecule has 0 aliphatic heterocycles. The minimum Gasteiger partial charge on any atom is -0.744 e. The zero-order valence-electron chi connectivity index (χ0n) is 8.00. The van der Waals surface area contributed by atoms with Crippen LogP contribution < -0.4 is 51.4 Å². The molecule has 1 rings (SSSR count). The average molecular weight is 254 g/mol. The predicted octanol–water partition coefficient (Wildman–Crippen LogP) is -2.78. The standard InChI is InChI=1S/C8H8O5S.K/c9-8(10)5-6-3-1-2-4-7(6)14(11,12)13;/h1-4H,5H2,(H,9,10)(H,11,12,13);/q;+1/p-1. The molecule has 15 heavy (non-hydrogen) atoms. The first-order valence-corrected chi connectivity index (χ1v) is 5.07. The van der Waals surface area contributed by atoms with Crippen LogP contribution in [0.25, 0.3) is 0 Å². The van der Waals surface area contributed by atoms with Crippen LogP contribution in [0.4, 0.5) is 0 Å². The van der Waals surface area contributed by atoms with Crippen LogP contribution in [0.3, 0.4) is 0 Å². The predicted molar refractivity (Wildman–Crippen MR) is 45.7 cm³/mol. The number of carbonyl (C=O) groups is 1. The summed E-state index contributed by atoms with van der Waals surface area (Å²) >= 11 is 0. The molecule has 1 N–H and O–H groups in total. The molecule has 0 saturated carbocycles. The Labute approximate surface area is 130 Å². The van der Waals surface area contributed by atoms with E-state index in [0.717, 1.165) is 6.07 Å². The molecule has 0 aromatic heterocycles. The molecular formula is C8H7KO5S. The van der Waals surface area contributed by atoms with Crippen LogP contribution in [0, 0.1) is 0 Å². The summed E-state index contributed by atoms with van der Waals surface area (Å²) in [4.78, 5) is 9.88. The molecule has 0 aliphatic rings. The Balaban J connectivity index is 0.00000196. The van der Waals surface area contributed by atoms with E-state index in [-0.39, 0.29) is 56.9 Å². The van der Waals surface area contributed by atoms with Gasteiger partial charge in [0.15, 0.2) is 0 Å². The van der Waals surface area contributed by atoms with Gasteiger partial charge in [-0.25, -0.2) is 8.42 Å². The van der Waals surface area contributed by atoms with Crippen molar-refractivity contribution in [3.63, 3.8) is 0 Å². The van der Waals surface area contributed by atoms with Crippen molar-refractivity contribution >= 4 is 16.1 Å². The Morgan fingerprint density at radius 1 is 1.33 bits per heavy atom. The second kappa shape index (κ2) is 6.09. The number of carboxylic acid groups (broad SMARTS) is 1. The fourth-order valence-electron chi connectivity index (χ4n) is 1.06. The molecule has 0 spiro atoms. The number of aliphatic carboxylic acids is 1. The smallest absolute Gasteiger partial charge is 0.744 e. The molecule has 0 aliphatic carbocycles. The fraction of sp³-hybridized carbons (Fsp3) is 0.125. The Kier molecular flexibility index (Phi) is 6.19. The molecule has 0 saturated heterocycles. The van der Waals surface area contributed by atoms with Crippen molar-refractivity contribution in [3.8, 4) is 0 Å². The van der Waals surface area contributed by atoms with Crippen molar-refractivity contribution in [3.05, 3.63) is 29.8 Å². The van der Waals surface area contributed by atoms with E-state index >= 15 is 0 Å². The van der Waals surface area contributed by atoms with Crippen LogP contribution in [-0.2, 0) is 21.3 Å². The van der Waals surface area contributed by atoms with E-state index in [1.807, 2.05) is 0 Å². The second-order valence-corrected chi connectivity index (χ2v) is 3.98. The fourth-order valence-corrected chi connectivity index (χ4v) is 1.76. The zero-order chi connectivity index (χ0) is 10.8. The van der Waals surface area contributed by atoms with Crippen LogP contribution in [-0.4, -0.2) is 24.0 Å². The number of hydrogen-bond acceptors (Lipinski definition) is 4. The molecule has 0 radical (unpaired) electrons. The normalized spacial score (nSPS) is 10.5. The minimum atomic E-state index is -4.59. The molecule has 1 aromatic carbocycles. The summed E-state index contributed by atoms with van der Waals surface area (Å²) in [6.45, 7) is 0. The summed E-state index contributed by atoms with van der Waals surface area (Å²) in [7, 11) is -4.59. The van der Waals surface area contributed by atoms with E-state index in [2.05, 4.69) is 0 Å². The van der Waals surface area contributed by atoms with Gasteiger partial charge in [0, 0.05) is 0 Å². The average Bonchev–Trinajstić information content (AvgIpc) is 2.01. The molecule has 1 aromatic rings. The van der Waals surface area contributed by atoms with Gasteiger partial charge in [-0.05, 0) is 11.6 Å². The molecule has 5 nitrogen and oxygen atoms in total. The van der Waals surface area contributed by atoms with Gasteiger partial charge < -0.3 is 9.66 Å². The van der Waals surface area contributed by atoms with Crippen molar-refractivity contribution in [2.45, 2.75) is 11.3 Å². The van der Waals surface area contributed by atoms with Crippen molar-refractivity contribution < 1.29 is 74.3 Å². The van der Waals surface area contributed by atoms with E-state index in [4.69, 9.17) is 5.11 Å². The molecule has 0 heterocycles. The number of hydrogen-bond donors (Lipinski definition) is 1. The first-order chi connectivity index (χ1) is 6.41. The molecule has 0 bridgehead atoms. The van der Waals surface area contributed by atoms with Crippen molar-refractivity contribution in [2.24, 2.45) is 0 Å². The topological polar surface area (TPSA) is 94.5 Å². The van der Waals surface area contributed by atoms with Crippen LogP contribution in [0.1, 0.15) is 5.56 Å². The first-order valence-electron chi connectivity index (χ1n) is 3.67. The number of benzene rings is 1. The molecule has 76 valence electrons. The van der Waals surface area contributed by atoms with E-state index in [1.54, 1.807) is 0 Å². The number of rotatable bonds is 3. The molecule has 0 unspecified atom stereocenters. The SMILES string of the molecule is O=C(O)Cc1ccccc1S(=O)(=O)[O-].[K+]. The summed E-state index contributed by atoms with van der Waals surface area (Å²) in [6, 6.07) is 5.25. The summed E-state index contributed by atoms with van der Waals surface area (Å²) < 4.78 is 32.1. The third-order valence-corrected chi connectivity index (χ3v) is 2.52. The van der Waals surface area contributed by atoms with Crippen LogP contribution in [0.2, 0.25) is 0 Å². The Morgan fingerprint density at radius 3 is 2.33 bits per heavy atom. The van der Waals surface area contributed by atoms with Crippen molar-refractivity contribution in [1.29, 1.82) is 0 Å². The van der Waals surface area contributed by atoms with Crippen LogP contribution in [0.15, 0.2) is 29.2 Å². The summed E-state index contributed by atoms with van der Waals surface area (Å²) in [5, 5.41) is 8.46. The Hall–Kier alpha value is 0.236. The van der Waals surface area contributed by atoms with Gasteiger partial charge in [-0.1, -0.05) is 18.2 Å². The van der Waals surface area contributed by atoms with Crippen LogP contribution >= 0.6 is 0 Å². The Bertz CT molecular complexity index is 454. The Morgan fingerprint density at radius 2 is 1.87 bits per heavy atom. The number of carboxylic acids is 1. The maximum Gasteiger partial charge on any atom is 1.00 e. The molecular weight excluding hydrogens is 247 g/mol. The van der Waals surface area contributed by atoms with E-state index in [9.17, 15) is 17.8 Å². The molecule has 7 heteroatoms. The quantitative estimate of drug-likeness (QED) is 0.465. The summed E-state index contributed by atoms with van der Waals surface area (Å²) in [6.07, 6.45) is -0.475. The van der Waals surface area contributed by atoms with Gasteiger partial charge in [-0.3, -0.25) is 4.79 Å². The molecule has 0 fully saturated rings. The van der Waals surface area contributed by atoms with Gasteiger partial charge in [-0.15, -0.1) is 0 Å². The van der Waals surface area contributed by atoms with E-state index in [0.29, 0.717) is 0 Å². The van der Waals surface area contributed by atoms with Gasteiger partial charge in [0.25, 0.3) is 0 Å². The second-order valence-electron chi connectivity index (χ2n) is 2.63. The largest absolute Gasteiger partial charge is 1.00 e. The monoisotopic (exact) mass is 254 g/mol. The van der Waals surface area contributed by atoms with Gasteiger partial charge in [0.1, 0.15) is 10.1 Å². The minimum absolute atomic E-state index is 0. The zero-order valence-corrected chi connectivity index (χ0v) is 11.9.